The summed E-state index contributed by atoms with van der Waals surface area (Å²) in [4.78, 5) is 31.6. The van der Waals surface area contributed by atoms with Gasteiger partial charge in [-0.2, -0.15) is 0 Å². The quantitative estimate of drug-likeness (QED) is 0.240. The number of benzene rings is 3. The maximum Gasteiger partial charge on any atom is 0.255 e. The number of hydrogen-bond donors (Lipinski definition) is 2. The van der Waals surface area contributed by atoms with Crippen molar-refractivity contribution in [3.05, 3.63) is 93.8 Å². The van der Waals surface area contributed by atoms with Crippen molar-refractivity contribution in [2.75, 3.05) is 31.0 Å². The molecule has 10 heteroatoms. The first-order valence-electron chi connectivity index (χ1n) is 14.2. The van der Waals surface area contributed by atoms with Crippen molar-refractivity contribution in [1.82, 2.24) is 4.98 Å². The summed E-state index contributed by atoms with van der Waals surface area (Å²) in [5.74, 6) is -0.505. The van der Waals surface area contributed by atoms with Gasteiger partial charge in [-0.05, 0) is 47.9 Å². The van der Waals surface area contributed by atoms with E-state index in [-0.39, 0.29) is 23.7 Å². The van der Waals surface area contributed by atoms with E-state index in [9.17, 15) is 9.59 Å². The van der Waals surface area contributed by atoms with Crippen LogP contribution in [0.25, 0.3) is 11.3 Å². The summed E-state index contributed by atoms with van der Waals surface area (Å²) < 4.78 is 17.6. The molecule has 3 atom stereocenters. The molecule has 2 amide bonds. The molecule has 2 heterocycles. The number of thiazole rings is 1. The van der Waals surface area contributed by atoms with Crippen LogP contribution in [0.3, 0.4) is 0 Å². The molecule has 43 heavy (non-hydrogen) atoms. The molecular weight excluding hydrogens is 586 g/mol. The fourth-order valence-corrected chi connectivity index (χ4v) is 7.80. The molecule has 2 N–H and O–H groups in total. The first kappa shape index (κ1) is 28.0. The predicted octanol–water partition coefficient (Wildman–Crippen LogP) is 7.09. The topological polar surface area (TPSA) is 98.8 Å². The molecule has 1 saturated carbocycles. The van der Waals surface area contributed by atoms with Gasteiger partial charge in [-0.1, -0.05) is 54.9 Å². The SMILES string of the molecule is COc1ccc(NC(=O)c2cccc(-c3csc(NC(=O)C4(C)C[C@H]5c6ccccc6C4CC54OCCO4)n3)c2)cc1Cl. The Kier molecular flexibility index (Phi) is 7.01. The Morgan fingerprint density at radius 3 is 2.49 bits per heavy atom. The van der Waals surface area contributed by atoms with E-state index < -0.39 is 11.2 Å². The Labute approximate surface area is 258 Å². The number of ether oxygens (including phenoxy) is 3. The fraction of sp³-hybridized carbons (Fsp3) is 0.303. The molecule has 4 aromatic rings. The highest BCUT2D eigenvalue weighted by atomic mass is 35.5. The first-order chi connectivity index (χ1) is 20.8. The van der Waals surface area contributed by atoms with Crippen LogP contribution in [-0.2, 0) is 14.3 Å². The summed E-state index contributed by atoms with van der Waals surface area (Å²) in [6.07, 6.45) is 1.29. The lowest BCUT2D eigenvalue weighted by Crippen LogP contribution is -2.56. The van der Waals surface area contributed by atoms with Crippen molar-refractivity contribution in [3.63, 3.8) is 0 Å². The van der Waals surface area contributed by atoms with Crippen molar-refractivity contribution in [1.29, 1.82) is 0 Å². The third-order valence-electron chi connectivity index (χ3n) is 9.01. The predicted molar refractivity (Wildman–Crippen MR) is 166 cm³/mol. The second kappa shape index (κ2) is 10.7. The summed E-state index contributed by atoms with van der Waals surface area (Å²) in [5, 5.41) is 8.78. The normalized spacial score (nSPS) is 23.1. The number of carbonyl (C=O) groups is 2. The molecule has 1 aliphatic heterocycles. The number of methoxy groups -OCH3 is 1. The molecule has 2 unspecified atom stereocenters. The molecule has 0 radical (unpaired) electrons. The van der Waals surface area contributed by atoms with E-state index in [1.807, 2.05) is 36.6 Å². The highest BCUT2D eigenvalue weighted by Crippen LogP contribution is 2.64. The third kappa shape index (κ3) is 4.80. The van der Waals surface area contributed by atoms with Gasteiger partial charge in [-0.3, -0.25) is 9.59 Å². The maximum atomic E-state index is 13.9. The number of amides is 2. The second-order valence-electron chi connectivity index (χ2n) is 11.4. The molecule has 4 aliphatic rings. The summed E-state index contributed by atoms with van der Waals surface area (Å²) in [7, 11) is 1.54. The van der Waals surface area contributed by atoms with Gasteiger partial charge in [-0.25, -0.2) is 4.98 Å². The van der Waals surface area contributed by atoms with E-state index in [1.165, 1.54) is 29.6 Å². The zero-order chi connectivity index (χ0) is 29.8. The zero-order valence-electron chi connectivity index (χ0n) is 23.7. The Morgan fingerprint density at radius 2 is 1.74 bits per heavy atom. The molecule has 2 fully saturated rings. The van der Waals surface area contributed by atoms with E-state index in [4.69, 9.17) is 30.8 Å². The van der Waals surface area contributed by atoms with Crippen LogP contribution in [0.2, 0.25) is 5.02 Å². The molecule has 1 spiro atoms. The monoisotopic (exact) mass is 615 g/mol. The van der Waals surface area contributed by atoms with Gasteiger partial charge in [0.25, 0.3) is 5.91 Å². The van der Waals surface area contributed by atoms with E-state index in [0.29, 0.717) is 58.9 Å². The smallest absolute Gasteiger partial charge is 0.255 e. The summed E-state index contributed by atoms with van der Waals surface area (Å²) >= 11 is 7.57. The molecule has 3 aliphatic carbocycles. The van der Waals surface area contributed by atoms with Crippen molar-refractivity contribution >= 4 is 45.6 Å². The number of carbonyl (C=O) groups excluding carboxylic acids is 2. The van der Waals surface area contributed by atoms with Crippen LogP contribution >= 0.6 is 22.9 Å². The Bertz CT molecular complexity index is 1730. The average molecular weight is 616 g/mol. The van der Waals surface area contributed by atoms with Gasteiger partial charge in [-0.15, -0.1) is 11.3 Å². The van der Waals surface area contributed by atoms with Crippen LogP contribution in [0.1, 0.15) is 53.1 Å². The van der Waals surface area contributed by atoms with Gasteiger partial charge in [0, 0.05) is 40.5 Å². The van der Waals surface area contributed by atoms with Gasteiger partial charge in [0.1, 0.15) is 5.75 Å². The number of aromatic nitrogens is 1. The largest absolute Gasteiger partial charge is 0.495 e. The molecule has 220 valence electrons. The van der Waals surface area contributed by atoms with Crippen LogP contribution in [0.15, 0.2) is 72.1 Å². The number of rotatable bonds is 6. The van der Waals surface area contributed by atoms with Crippen LogP contribution in [0.5, 0.6) is 5.75 Å². The molecule has 8 nitrogen and oxygen atoms in total. The van der Waals surface area contributed by atoms with Crippen LogP contribution < -0.4 is 15.4 Å². The van der Waals surface area contributed by atoms with E-state index in [0.717, 1.165) is 5.56 Å². The van der Waals surface area contributed by atoms with Gasteiger partial charge in [0.15, 0.2) is 10.9 Å². The standard InChI is InChI=1S/C33H30ClN3O5S/c1-32(16-25-23-9-4-3-8-22(23)24(32)17-33(25)41-12-13-42-33)30(39)37-31-36-27(18-43-31)19-6-5-7-20(14-19)29(38)35-21-10-11-28(40-2)26(34)15-21/h3-11,14-15,18,24-25H,12-13,16-17H2,1-2H3,(H,35,38)(H,36,37,39)/t24?,25-,32?/m0/s1. The number of hydrogen-bond acceptors (Lipinski definition) is 7. The maximum absolute atomic E-state index is 13.9. The van der Waals surface area contributed by atoms with Gasteiger partial charge in [0.2, 0.25) is 5.91 Å². The van der Waals surface area contributed by atoms with Crippen LogP contribution in [0, 0.1) is 5.41 Å². The molecule has 2 bridgehead atoms. The number of fused-ring (bicyclic) bond motifs is 1. The van der Waals surface area contributed by atoms with Gasteiger partial charge >= 0.3 is 0 Å². The van der Waals surface area contributed by atoms with Gasteiger partial charge in [0.05, 0.1) is 36.5 Å². The van der Waals surface area contributed by atoms with Crippen molar-refractivity contribution in [2.45, 2.75) is 37.4 Å². The average Bonchev–Trinajstić information content (AvgIpc) is 3.69. The summed E-state index contributed by atoms with van der Waals surface area (Å²) in [6.45, 7) is 3.20. The molecule has 3 aromatic carbocycles. The first-order valence-corrected chi connectivity index (χ1v) is 15.4. The van der Waals surface area contributed by atoms with Crippen molar-refractivity contribution < 1.29 is 23.8 Å². The van der Waals surface area contributed by atoms with E-state index >= 15 is 0 Å². The molecule has 1 saturated heterocycles. The molecule has 1 aromatic heterocycles. The Balaban J connectivity index is 1.08. The van der Waals surface area contributed by atoms with Gasteiger partial charge < -0.3 is 24.8 Å². The van der Waals surface area contributed by atoms with Crippen molar-refractivity contribution in [3.8, 4) is 17.0 Å². The number of halogens is 1. The lowest BCUT2D eigenvalue weighted by molar-refractivity contribution is -0.216. The number of anilines is 2. The van der Waals surface area contributed by atoms with Crippen molar-refractivity contribution in [2.24, 2.45) is 5.41 Å². The Morgan fingerprint density at radius 1 is 0.977 bits per heavy atom. The minimum absolute atomic E-state index is 0.0124. The third-order valence-corrected chi connectivity index (χ3v) is 10.1. The lowest BCUT2D eigenvalue weighted by Gasteiger charge is -2.56. The highest BCUT2D eigenvalue weighted by molar-refractivity contribution is 7.14. The number of nitrogens with zero attached hydrogens (tertiary/aromatic N) is 1. The van der Waals surface area contributed by atoms with E-state index in [1.54, 1.807) is 30.3 Å². The van der Waals surface area contributed by atoms with E-state index in [2.05, 4.69) is 22.8 Å². The summed E-state index contributed by atoms with van der Waals surface area (Å²) in [5.41, 5.74) is 4.26. The Hall–Kier alpha value is -3.76. The van der Waals surface area contributed by atoms with Crippen LogP contribution in [-0.4, -0.2) is 42.9 Å². The summed E-state index contributed by atoms with van der Waals surface area (Å²) in [6, 6.07) is 20.6. The second-order valence-corrected chi connectivity index (χ2v) is 12.7. The minimum atomic E-state index is -0.649. The minimum Gasteiger partial charge on any atom is -0.495 e. The fourth-order valence-electron chi connectivity index (χ4n) is 6.83. The number of nitrogens with one attached hydrogen (secondary N) is 2. The molecule has 8 rings (SSSR count). The molecular formula is C33H30ClN3O5S. The van der Waals surface area contributed by atoms with Crippen LogP contribution in [0.4, 0.5) is 10.8 Å². The lowest BCUT2D eigenvalue weighted by atomic mass is 9.52. The highest BCUT2D eigenvalue weighted by Gasteiger charge is 2.63. The zero-order valence-corrected chi connectivity index (χ0v) is 25.3.